The summed E-state index contributed by atoms with van der Waals surface area (Å²) in [5, 5.41) is 16.2. The van der Waals surface area contributed by atoms with Crippen LogP contribution in [-0.2, 0) is 9.53 Å². The summed E-state index contributed by atoms with van der Waals surface area (Å²) in [4.78, 5) is 11.3. The zero-order valence-electron chi connectivity index (χ0n) is 7.98. The summed E-state index contributed by atoms with van der Waals surface area (Å²) >= 11 is 5.53. The van der Waals surface area contributed by atoms with Crippen molar-refractivity contribution in [2.75, 3.05) is 6.61 Å². The summed E-state index contributed by atoms with van der Waals surface area (Å²) < 4.78 is 4.72. The molecule has 0 radical (unpaired) electrons. The molecule has 1 aromatic rings. The molecule has 78 valence electrons. The van der Waals surface area contributed by atoms with Crippen molar-refractivity contribution in [1.82, 2.24) is 10.2 Å². The van der Waals surface area contributed by atoms with Crippen molar-refractivity contribution >= 4 is 17.6 Å². The van der Waals surface area contributed by atoms with E-state index in [1.807, 2.05) is 0 Å². The molecule has 0 unspecified atom stereocenters. The van der Waals surface area contributed by atoms with Crippen LogP contribution in [0, 0.1) is 11.3 Å². The van der Waals surface area contributed by atoms with Gasteiger partial charge in [-0.3, -0.25) is 4.79 Å². The van der Waals surface area contributed by atoms with Crippen LogP contribution in [0.4, 0.5) is 0 Å². The molecule has 6 heteroatoms. The molecule has 0 saturated heterocycles. The van der Waals surface area contributed by atoms with Crippen LogP contribution in [0.25, 0.3) is 0 Å². The first kappa shape index (κ1) is 11.4. The van der Waals surface area contributed by atoms with Crippen molar-refractivity contribution in [3.05, 3.63) is 23.0 Å². The molecule has 1 atom stereocenters. The average Bonchev–Trinajstić information content (AvgIpc) is 2.22. The minimum absolute atomic E-state index is 0.208. The average molecular weight is 226 g/mol. The minimum Gasteiger partial charge on any atom is -0.465 e. The van der Waals surface area contributed by atoms with E-state index in [0.717, 1.165) is 0 Å². The monoisotopic (exact) mass is 225 g/mol. The molecule has 0 N–H and O–H groups in total. The fraction of sp³-hybridized carbons (Fsp3) is 0.333. The van der Waals surface area contributed by atoms with Crippen molar-refractivity contribution in [2.45, 2.75) is 12.8 Å². The number of hydrogen-bond acceptors (Lipinski definition) is 5. The van der Waals surface area contributed by atoms with Crippen LogP contribution in [0.15, 0.2) is 12.1 Å². The largest absolute Gasteiger partial charge is 0.465 e. The third-order valence-electron chi connectivity index (χ3n) is 1.60. The second-order valence-corrected chi connectivity index (χ2v) is 2.98. The molecule has 0 fully saturated rings. The highest BCUT2D eigenvalue weighted by molar-refractivity contribution is 6.29. The van der Waals surface area contributed by atoms with Crippen molar-refractivity contribution in [1.29, 1.82) is 5.26 Å². The van der Waals surface area contributed by atoms with Gasteiger partial charge >= 0.3 is 5.97 Å². The molecule has 5 nitrogen and oxygen atoms in total. The van der Waals surface area contributed by atoms with Gasteiger partial charge in [-0.05, 0) is 19.1 Å². The van der Waals surface area contributed by atoms with Gasteiger partial charge in [-0.2, -0.15) is 10.4 Å². The molecule has 0 aliphatic heterocycles. The number of aromatic nitrogens is 2. The molecule has 15 heavy (non-hydrogen) atoms. The van der Waals surface area contributed by atoms with E-state index in [0.29, 0.717) is 0 Å². The molecule has 0 bridgehead atoms. The Kier molecular flexibility index (Phi) is 4.01. The Labute approximate surface area is 91.6 Å². The van der Waals surface area contributed by atoms with Crippen LogP contribution in [-0.4, -0.2) is 22.8 Å². The number of halogens is 1. The second-order valence-electron chi connectivity index (χ2n) is 2.60. The first-order chi connectivity index (χ1) is 7.19. The third kappa shape index (κ3) is 2.89. The highest BCUT2D eigenvalue weighted by atomic mass is 35.5. The number of rotatable bonds is 3. The Hall–Kier alpha value is -1.67. The maximum Gasteiger partial charge on any atom is 0.329 e. The van der Waals surface area contributed by atoms with Gasteiger partial charge in [0.1, 0.15) is 0 Å². The molecule has 1 heterocycles. The quantitative estimate of drug-likeness (QED) is 0.725. The summed E-state index contributed by atoms with van der Waals surface area (Å²) in [5.41, 5.74) is 0.236. The lowest BCUT2D eigenvalue weighted by Crippen LogP contribution is -2.15. The van der Waals surface area contributed by atoms with Crippen LogP contribution in [0.2, 0.25) is 5.15 Å². The van der Waals surface area contributed by atoms with E-state index in [2.05, 4.69) is 10.2 Å². The summed E-state index contributed by atoms with van der Waals surface area (Å²) in [7, 11) is 0. The number of esters is 1. The number of nitrogens with zero attached hydrogens (tertiary/aromatic N) is 3. The van der Waals surface area contributed by atoms with E-state index >= 15 is 0 Å². The Balaban J connectivity index is 2.89. The molecule has 0 amide bonds. The minimum atomic E-state index is -1.05. The van der Waals surface area contributed by atoms with Gasteiger partial charge < -0.3 is 4.74 Å². The summed E-state index contributed by atoms with van der Waals surface area (Å²) in [6.45, 7) is 1.89. The summed E-state index contributed by atoms with van der Waals surface area (Å²) in [6, 6.07) is 4.74. The van der Waals surface area contributed by atoms with Crippen LogP contribution in [0.3, 0.4) is 0 Å². The maximum absolute atomic E-state index is 11.3. The molecule has 0 aliphatic rings. The fourth-order valence-corrected chi connectivity index (χ4v) is 1.05. The van der Waals surface area contributed by atoms with Crippen LogP contribution in [0.5, 0.6) is 0 Å². The van der Waals surface area contributed by atoms with Gasteiger partial charge in [0, 0.05) is 0 Å². The van der Waals surface area contributed by atoms with E-state index in [1.54, 1.807) is 13.0 Å². The third-order valence-corrected chi connectivity index (χ3v) is 1.80. The number of carbonyl (C=O) groups is 1. The number of hydrogen-bond donors (Lipinski definition) is 0. The highest BCUT2D eigenvalue weighted by Gasteiger charge is 2.23. The van der Waals surface area contributed by atoms with Crippen molar-refractivity contribution in [3.63, 3.8) is 0 Å². The van der Waals surface area contributed by atoms with Gasteiger partial charge in [-0.15, -0.1) is 5.10 Å². The number of ether oxygens (including phenoxy) is 1. The van der Waals surface area contributed by atoms with Crippen molar-refractivity contribution in [2.24, 2.45) is 0 Å². The van der Waals surface area contributed by atoms with E-state index in [4.69, 9.17) is 21.6 Å². The lowest BCUT2D eigenvalue weighted by molar-refractivity contribution is -0.143. The van der Waals surface area contributed by atoms with E-state index in [-0.39, 0.29) is 17.5 Å². The molecule has 0 aromatic carbocycles. The van der Waals surface area contributed by atoms with E-state index in [9.17, 15) is 4.79 Å². The Morgan fingerprint density at radius 1 is 1.67 bits per heavy atom. The SMILES string of the molecule is CCOC(=O)[C@@H](C#N)c1ccc(Cl)nn1. The molecule has 1 aromatic heterocycles. The molecule has 0 spiro atoms. The molecule has 1 rings (SSSR count). The van der Waals surface area contributed by atoms with Crippen molar-refractivity contribution in [3.8, 4) is 6.07 Å². The predicted octanol–water partition coefficient (Wildman–Crippen LogP) is 1.30. The standard InChI is InChI=1S/C9H8ClN3O2/c1-2-15-9(14)6(5-11)7-3-4-8(10)13-12-7/h3-4,6H,2H2,1H3/t6-/m0/s1. The zero-order chi connectivity index (χ0) is 11.3. The number of carbonyl (C=O) groups excluding carboxylic acids is 1. The van der Waals surface area contributed by atoms with Gasteiger partial charge in [0.05, 0.1) is 18.4 Å². The topological polar surface area (TPSA) is 75.9 Å². The van der Waals surface area contributed by atoms with E-state index < -0.39 is 11.9 Å². The normalized spacial score (nSPS) is 11.5. The lowest BCUT2D eigenvalue weighted by Gasteiger charge is -2.06. The smallest absolute Gasteiger partial charge is 0.329 e. The first-order valence-corrected chi connectivity index (χ1v) is 4.62. The Morgan fingerprint density at radius 2 is 2.40 bits per heavy atom. The zero-order valence-corrected chi connectivity index (χ0v) is 8.73. The van der Waals surface area contributed by atoms with Crippen LogP contribution >= 0.6 is 11.6 Å². The van der Waals surface area contributed by atoms with Gasteiger partial charge in [-0.1, -0.05) is 11.6 Å². The Bertz CT molecular complexity index is 385. The molecule has 0 saturated carbocycles. The first-order valence-electron chi connectivity index (χ1n) is 4.24. The van der Waals surface area contributed by atoms with Gasteiger partial charge in [0.2, 0.25) is 0 Å². The summed E-state index contributed by atoms with van der Waals surface area (Å²) in [5.74, 6) is -1.67. The van der Waals surface area contributed by atoms with Crippen LogP contribution in [0.1, 0.15) is 18.5 Å². The fourth-order valence-electron chi connectivity index (χ4n) is 0.945. The molecule has 0 aliphatic carbocycles. The predicted molar refractivity (Wildman–Crippen MR) is 52.0 cm³/mol. The maximum atomic E-state index is 11.3. The van der Waals surface area contributed by atoms with Gasteiger partial charge in [0.25, 0.3) is 0 Å². The highest BCUT2D eigenvalue weighted by Crippen LogP contribution is 2.14. The summed E-state index contributed by atoms with van der Waals surface area (Å²) in [6.07, 6.45) is 0. The lowest BCUT2D eigenvalue weighted by atomic mass is 10.1. The van der Waals surface area contributed by atoms with Crippen LogP contribution < -0.4 is 0 Å². The molecular weight excluding hydrogens is 218 g/mol. The van der Waals surface area contributed by atoms with Crippen molar-refractivity contribution < 1.29 is 9.53 Å². The second kappa shape index (κ2) is 5.27. The van der Waals surface area contributed by atoms with E-state index in [1.165, 1.54) is 12.1 Å². The molecular formula is C9H8ClN3O2. The number of nitriles is 1. The Morgan fingerprint density at radius 3 is 2.87 bits per heavy atom. The van der Waals surface area contributed by atoms with Gasteiger partial charge in [0.15, 0.2) is 11.1 Å². The van der Waals surface area contributed by atoms with Gasteiger partial charge in [-0.25, -0.2) is 0 Å².